The van der Waals surface area contributed by atoms with Gasteiger partial charge in [-0.1, -0.05) is 46.9 Å². The molecule has 0 bridgehead atoms. The molecule has 0 aliphatic carbocycles. The lowest BCUT2D eigenvalue weighted by Crippen LogP contribution is -2.11. The lowest BCUT2D eigenvalue weighted by molar-refractivity contribution is 0.0997. The quantitative estimate of drug-likeness (QED) is 0.603. The number of carbonyl (C=O) groups is 1. The van der Waals surface area contributed by atoms with Gasteiger partial charge >= 0.3 is 0 Å². The van der Waals surface area contributed by atoms with Gasteiger partial charge in [0, 0.05) is 10.6 Å². The van der Waals surface area contributed by atoms with E-state index in [9.17, 15) is 4.79 Å². The summed E-state index contributed by atoms with van der Waals surface area (Å²) in [4.78, 5) is 12.2. The van der Waals surface area contributed by atoms with E-state index in [4.69, 9.17) is 39.2 Å². The van der Waals surface area contributed by atoms with E-state index in [-0.39, 0.29) is 5.76 Å². The summed E-state index contributed by atoms with van der Waals surface area (Å²) in [5.74, 6) is 0.247. The first-order valence-electron chi connectivity index (χ1n) is 6.66. The molecular formula is C17H10Cl3NO2. The van der Waals surface area contributed by atoms with Gasteiger partial charge < -0.3 is 9.73 Å². The Kier molecular flexibility index (Phi) is 4.62. The van der Waals surface area contributed by atoms with Crippen molar-refractivity contribution in [2.75, 3.05) is 5.32 Å². The monoisotopic (exact) mass is 365 g/mol. The Hall–Kier alpha value is -1.94. The summed E-state index contributed by atoms with van der Waals surface area (Å²) in [5, 5.41) is 4.13. The molecule has 0 aliphatic rings. The van der Waals surface area contributed by atoms with E-state index in [0.717, 1.165) is 0 Å². The number of carbonyl (C=O) groups excluding carboxylic acids is 1. The number of hydrogen-bond acceptors (Lipinski definition) is 2. The Bertz CT molecular complexity index is 874. The van der Waals surface area contributed by atoms with Crippen molar-refractivity contribution < 1.29 is 9.21 Å². The first-order chi connectivity index (χ1) is 11.0. The van der Waals surface area contributed by atoms with Crippen molar-refractivity contribution in [3.05, 3.63) is 75.4 Å². The highest BCUT2D eigenvalue weighted by atomic mass is 35.5. The van der Waals surface area contributed by atoms with Gasteiger partial charge in [0.2, 0.25) is 0 Å². The summed E-state index contributed by atoms with van der Waals surface area (Å²) in [6.45, 7) is 0. The summed E-state index contributed by atoms with van der Waals surface area (Å²) in [5.41, 5.74) is 1.18. The van der Waals surface area contributed by atoms with Gasteiger partial charge in [0.05, 0.1) is 15.7 Å². The van der Waals surface area contributed by atoms with Crippen molar-refractivity contribution in [2.24, 2.45) is 0 Å². The summed E-state index contributed by atoms with van der Waals surface area (Å²) in [6.07, 6.45) is 0. The van der Waals surface area contributed by atoms with Crippen molar-refractivity contribution in [2.45, 2.75) is 0 Å². The molecule has 2 aromatic carbocycles. The third-order valence-corrected chi connectivity index (χ3v) is 4.03. The number of nitrogens with one attached hydrogen (secondary N) is 1. The SMILES string of the molecule is O=C(Nc1ccccc1Cl)c1ccc(-c2ccc(Cl)cc2Cl)o1. The minimum absolute atomic E-state index is 0.158. The lowest BCUT2D eigenvalue weighted by Gasteiger charge is -2.05. The van der Waals surface area contributed by atoms with Crippen LogP contribution in [0, 0.1) is 0 Å². The largest absolute Gasteiger partial charge is 0.451 e. The molecule has 0 aliphatic heterocycles. The van der Waals surface area contributed by atoms with Crippen LogP contribution in [-0.4, -0.2) is 5.91 Å². The van der Waals surface area contributed by atoms with Crippen LogP contribution in [0.3, 0.4) is 0 Å². The fraction of sp³-hybridized carbons (Fsp3) is 0. The maximum absolute atomic E-state index is 12.2. The van der Waals surface area contributed by atoms with Crippen LogP contribution < -0.4 is 5.32 Å². The summed E-state index contributed by atoms with van der Waals surface area (Å²) < 4.78 is 5.58. The van der Waals surface area contributed by atoms with Gasteiger partial charge in [-0.25, -0.2) is 0 Å². The Balaban J connectivity index is 1.84. The third kappa shape index (κ3) is 3.53. The van der Waals surface area contributed by atoms with Gasteiger partial charge in [-0.15, -0.1) is 0 Å². The number of rotatable bonds is 3. The maximum atomic E-state index is 12.2. The summed E-state index contributed by atoms with van der Waals surface area (Å²) in [7, 11) is 0. The molecule has 0 spiro atoms. The molecular weight excluding hydrogens is 357 g/mol. The van der Waals surface area contributed by atoms with E-state index in [1.54, 1.807) is 54.6 Å². The van der Waals surface area contributed by atoms with Gasteiger partial charge in [-0.05, 0) is 42.5 Å². The Morgan fingerprint density at radius 1 is 0.913 bits per heavy atom. The molecule has 3 nitrogen and oxygen atoms in total. The van der Waals surface area contributed by atoms with Crippen LogP contribution >= 0.6 is 34.8 Å². The fourth-order valence-electron chi connectivity index (χ4n) is 2.04. The number of furan rings is 1. The number of para-hydroxylation sites is 1. The number of anilines is 1. The van der Waals surface area contributed by atoms with Crippen molar-refractivity contribution >= 4 is 46.4 Å². The van der Waals surface area contributed by atoms with Gasteiger partial charge in [0.15, 0.2) is 5.76 Å². The van der Waals surface area contributed by atoms with E-state index in [2.05, 4.69) is 5.32 Å². The molecule has 6 heteroatoms. The third-order valence-electron chi connectivity index (χ3n) is 3.15. The smallest absolute Gasteiger partial charge is 0.291 e. The van der Waals surface area contributed by atoms with Crippen LogP contribution in [0.4, 0.5) is 5.69 Å². The molecule has 0 radical (unpaired) electrons. The zero-order chi connectivity index (χ0) is 16.4. The van der Waals surface area contributed by atoms with Crippen molar-refractivity contribution in [1.82, 2.24) is 0 Å². The number of benzene rings is 2. The molecule has 0 unspecified atom stereocenters. The summed E-state index contributed by atoms with van der Waals surface area (Å²) >= 11 is 18.0. The minimum atomic E-state index is -0.394. The second kappa shape index (κ2) is 6.67. The number of amides is 1. The molecule has 3 rings (SSSR count). The van der Waals surface area contributed by atoms with Gasteiger partial charge in [-0.3, -0.25) is 4.79 Å². The highest BCUT2D eigenvalue weighted by Crippen LogP contribution is 2.32. The van der Waals surface area contributed by atoms with E-state index < -0.39 is 5.91 Å². The van der Waals surface area contributed by atoms with Crippen LogP contribution in [0.1, 0.15) is 10.6 Å². The normalized spacial score (nSPS) is 10.6. The van der Waals surface area contributed by atoms with Crippen LogP contribution in [-0.2, 0) is 0 Å². The molecule has 1 N–H and O–H groups in total. The minimum Gasteiger partial charge on any atom is -0.451 e. The second-order valence-corrected chi connectivity index (χ2v) is 5.97. The van der Waals surface area contributed by atoms with Crippen LogP contribution in [0.5, 0.6) is 0 Å². The van der Waals surface area contributed by atoms with E-state index in [0.29, 0.717) is 32.1 Å². The molecule has 3 aromatic rings. The predicted octanol–water partition coefficient (Wildman–Crippen LogP) is 6.16. The molecule has 116 valence electrons. The molecule has 1 heterocycles. The van der Waals surface area contributed by atoms with Gasteiger partial charge in [-0.2, -0.15) is 0 Å². The predicted molar refractivity (Wildman–Crippen MR) is 93.6 cm³/mol. The zero-order valence-corrected chi connectivity index (χ0v) is 13.9. The molecule has 0 saturated heterocycles. The highest BCUT2D eigenvalue weighted by molar-refractivity contribution is 6.36. The standard InChI is InChI=1S/C17H10Cl3NO2/c18-10-5-6-11(13(20)9-10)15-7-8-16(23-15)17(22)21-14-4-2-1-3-12(14)19/h1-9H,(H,21,22). The number of hydrogen-bond donors (Lipinski definition) is 1. The van der Waals surface area contributed by atoms with E-state index >= 15 is 0 Å². The Labute approximate surface area is 147 Å². The molecule has 0 fully saturated rings. The topological polar surface area (TPSA) is 42.2 Å². The maximum Gasteiger partial charge on any atom is 0.291 e. The number of halogens is 3. The van der Waals surface area contributed by atoms with Crippen molar-refractivity contribution in [3.63, 3.8) is 0 Å². The van der Waals surface area contributed by atoms with E-state index in [1.807, 2.05) is 0 Å². The van der Waals surface area contributed by atoms with Gasteiger partial charge in [0.25, 0.3) is 5.91 Å². The van der Waals surface area contributed by atoms with Crippen LogP contribution in [0.2, 0.25) is 15.1 Å². The molecule has 0 saturated carbocycles. The van der Waals surface area contributed by atoms with Crippen LogP contribution in [0.15, 0.2) is 59.0 Å². The Morgan fingerprint density at radius 2 is 1.70 bits per heavy atom. The first kappa shape index (κ1) is 15.9. The molecule has 23 heavy (non-hydrogen) atoms. The van der Waals surface area contributed by atoms with Crippen molar-refractivity contribution in [3.8, 4) is 11.3 Å². The molecule has 0 atom stereocenters. The first-order valence-corrected chi connectivity index (χ1v) is 7.79. The average molecular weight is 367 g/mol. The van der Waals surface area contributed by atoms with Gasteiger partial charge in [0.1, 0.15) is 5.76 Å². The van der Waals surface area contributed by atoms with Crippen molar-refractivity contribution in [1.29, 1.82) is 0 Å². The van der Waals surface area contributed by atoms with E-state index in [1.165, 1.54) is 0 Å². The molecule has 1 aromatic heterocycles. The zero-order valence-electron chi connectivity index (χ0n) is 11.6. The lowest BCUT2D eigenvalue weighted by atomic mass is 10.2. The summed E-state index contributed by atoms with van der Waals surface area (Å²) in [6, 6.07) is 15.3. The highest BCUT2D eigenvalue weighted by Gasteiger charge is 2.15. The second-order valence-electron chi connectivity index (χ2n) is 4.72. The average Bonchev–Trinajstić information content (AvgIpc) is 2.99. The Morgan fingerprint density at radius 3 is 2.43 bits per heavy atom. The molecule has 1 amide bonds. The van der Waals surface area contributed by atoms with Crippen LogP contribution in [0.25, 0.3) is 11.3 Å². The fourth-order valence-corrected chi connectivity index (χ4v) is 2.73.